The lowest BCUT2D eigenvalue weighted by molar-refractivity contribution is 0.102. The highest BCUT2D eigenvalue weighted by Crippen LogP contribution is 2.28. The van der Waals surface area contributed by atoms with Gasteiger partial charge in [-0.3, -0.25) is 10.1 Å². The summed E-state index contributed by atoms with van der Waals surface area (Å²) in [6.07, 6.45) is 0. The Morgan fingerprint density at radius 2 is 2.04 bits per heavy atom. The molecule has 0 radical (unpaired) electrons. The van der Waals surface area contributed by atoms with Crippen molar-refractivity contribution in [3.63, 3.8) is 0 Å². The number of nitrogens with one attached hydrogen (secondary N) is 1. The van der Waals surface area contributed by atoms with Gasteiger partial charge in [0.05, 0.1) is 5.56 Å². The number of carbonyl (C=O) groups is 1. The summed E-state index contributed by atoms with van der Waals surface area (Å²) in [5, 5.41) is 11.2. The van der Waals surface area contributed by atoms with Gasteiger partial charge in [0.15, 0.2) is 4.34 Å². The summed E-state index contributed by atoms with van der Waals surface area (Å²) in [7, 11) is 0. The molecule has 0 spiro atoms. The van der Waals surface area contributed by atoms with Crippen molar-refractivity contribution in [1.82, 2.24) is 10.2 Å². The van der Waals surface area contributed by atoms with E-state index in [-0.39, 0.29) is 11.7 Å². The van der Waals surface area contributed by atoms with Gasteiger partial charge in [-0.25, -0.2) is 4.39 Å². The van der Waals surface area contributed by atoms with Crippen molar-refractivity contribution in [2.24, 2.45) is 0 Å². The minimum absolute atomic E-state index is 0.255. The molecule has 1 N–H and O–H groups in total. The zero-order valence-electron chi connectivity index (χ0n) is 13.0. The lowest BCUT2D eigenvalue weighted by Crippen LogP contribution is -2.11. The lowest BCUT2D eigenvalue weighted by Gasteiger charge is -1.99. The molecule has 1 amide bonds. The first-order chi connectivity index (χ1) is 11.5. The molecule has 8 heteroatoms. The molecule has 0 fully saturated rings. The minimum Gasteiger partial charge on any atom is -0.466 e. The number of aromatic nitrogens is 2. The Kier molecular flexibility index (Phi) is 4.96. The molecule has 0 saturated carbocycles. The number of aryl methyl sites for hydroxylation is 2. The summed E-state index contributed by atoms with van der Waals surface area (Å²) >= 11 is 2.78. The summed E-state index contributed by atoms with van der Waals surface area (Å²) in [4.78, 5) is 12.2. The Morgan fingerprint density at radius 1 is 1.29 bits per heavy atom. The standard InChI is InChI=1S/C16H14FN3O2S2/c1-9-7-13(10(2)22-9)14(21)18-15-19-20-16(24-15)23-8-11-3-5-12(17)6-4-11/h3-7H,8H2,1-2H3,(H,18,19,21). The van der Waals surface area contributed by atoms with E-state index >= 15 is 0 Å². The number of nitrogens with zero attached hydrogens (tertiary/aromatic N) is 2. The largest absolute Gasteiger partial charge is 0.466 e. The summed E-state index contributed by atoms with van der Waals surface area (Å²) in [5.74, 6) is 1.39. The van der Waals surface area contributed by atoms with Crippen molar-refractivity contribution in [3.8, 4) is 0 Å². The quantitative estimate of drug-likeness (QED) is 0.536. The maximum absolute atomic E-state index is 12.9. The average Bonchev–Trinajstić information content (AvgIpc) is 3.12. The summed E-state index contributed by atoms with van der Waals surface area (Å²) in [6.45, 7) is 3.53. The number of amides is 1. The summed E-state index contributed by atoms with van der Waals surface area (Å²) < 4.78 is 19.0. The predicted molar refractivity (Wildman–Crippen MR) is 92.0 cm³/mol. The molecule has 124 valence electrons. The molecule has 0 atom stereocenters. The number of benzene rings is 1. The molecule has 2 heterocycles. The van der Waals surface area contributed by atoms with E-state index in [0.717, 1.165) is 9.90 Å². The molecule has 0 aliphatic carbocycles. The van der Waals surface area contributed by atoms with Crippen molar-refractivity contribution in [1.29, 1.82) is 0 Å². The highest BCUT2D eigenvalue weighted by molar-refractivity contribution is 8.00. The van der Waals surface area contributed by atoms with Crippen molar-refractivity contribution < 1.29 is 13.6 Å². The van der Waals surface area contributed by atoms with E-state index in [1.807, 2.05) is 0 Å². The molecule has 5 nitrogen and oxygen atoms in total. The van der Waals surface area contributed by atoms with Crippen LogP contribution in [0.2, 0.25) is 0 Å². The molecule has 0 saturated heterocycles. The van der Waals surface area contributed by atoms with Gasteiger partial charge < -0.3 is 4.42 Å². The van der Waals surface area contributed by atoms with E-state index < -0.39 is 0 Å². The van der Waals surface area contributed by atoms with Gasteiger partial charge in [-0.1, -0.05) is 35.2 Å². The molecule has 3 aromatic rings. The Hall–Kier alpha value is -2.19. The van der Waals surface area contributed by atoms with Gasteiger partial charge in [-0.2, -0.15) is 0 Å². The van der Waals surface area contributed by atoms with E-state index in [9.17, 15) is 9.18 Å². The number of halogens is 1. The van der Waals surface area contributed by atoms with Crippen LogP contribution in [0.1, 0.15) is 27.4 Å². The zero-order valence-corrected chi connectivity index (χ0v) is 14.6. The monoisotopic (exact) mass is 363 g/mol. The van der Waals surface area contributed by atoms with E-state index in [1.165, 1.54) is 35.2 Å². The molecule has 0 unspecified atom stereocenters. The first-order valence-electron chi connectivity index (χ1n) is 7.10. The first kappa shape index (κ1) is 16.7. The predicted octanol–water partition coefficient (Wildman–Crippen LogP) is 4.43. The molecular formula is C16H14FN3O2S2. The number of furan rings is 1. The van der Waals surface area contributed by atoms with Crippen molar-refractivity contribution in [2.75, 3.05) is 5.32 Å². The van der Waals surface area contributed by atoms with Crippen molar-refractivity contribution in [2.45, 2.75) is 23.9 Å². The van der Waals surface area contributed by atoms with Gasteiger partial charge >= 0.3 is 0 Å². The second-order valence-electron chi connectivity index (χ2n) is 5.07. The fraction of sp³-hybridized carbons (Fsp3) is 0.188. The van der Waals surface area contributed by atoms with E-state index in [0.29, 0.717) is 28.0 Å². The van der Waals surface area contributed by atoms with Crippen LogP contribution in [-0.4, -0.2) is 16.1 Å². The third kappa shape index (κ3) is 4.01. The normalized spacial score (nSPS) is 10.8. The molecule has 0 aliphatic rings. The SMILES string of the molecule is Cc1cc(C(=O)Nc2nnc(SCc3ccc(F)cc3)s2)c(C)o1. The van der Waals surface area contributed by atoms with Crippen LogP contribution in [-0.2, 0) is 5.75 Å². The highest BCUT2D eigenvalue weighted by atomic mass is 32.2. The number of rotatable bonds is 5. The van der Waals surface area contributed by atoms with Crippen LogP contribution in [0.25, 0.3) is 0 Å². The van der Waals surface area contributed by atoms with Crippen LogP contribution in [0.3, 0.4) is 0 Å². The number of carbonyl (C=O) groups excluding carboxylic acids is 1. The number of hydrogen-bond donors (Lipinski definition) is 1. The van der Waals surface area contributed by atoms with Crippen molar-refractivity contribution >= 4 is 34.1 Å². The van der Waals surface area contributed by atoms with Crippen LogP contribution in [0.4, 0.5) is 9.52 Å². The number of thioether (sulfide) groups is 1. The van der Waals surface area contributed by atoms with E-state index in [4.69, 9.17) is 4.42 Å². The van der Waals surface area contributed by atoms with Gasteiger partial charge in [-0.05, 0) is 37.6 Å². The topological polar surface area (TPSA) is 68.0 Å². The van der Waals surface area contributed by atoms with E-state index in [2.05, 4.69) is 15.5 Å². The smallest absolute Gasteiger partial charge is 0.261 e. The Morgan fingerprint density at radius 3 is 2.71 bits per heavy atom. The Labute approximate surface area is 146 Å². The maximum atomic E-state index is 12.9. The van der Waals surface area contributed by atoms with Crippen LogP contribution >= 0.6 is 23.1 Å². The minimum atomic E-state index is -0.268. The summed E-state index contributed by atoms with van der Waals surface area (Å²) in [6, 6.07) is 8.01. The highest BCUT2D eigenvalue weighted by Gasteiger charge is 2.15. The lowest BCUT2D eigenvalue weighted by atomic mass is 10.2. The number of hydrogen-bond acceptors (Lipinski definition) is 6. The maximum Gasteiger partial charge on any atom is 0.261 e. The molecule has 0 bridgehead atoms. The fourth-order valence-corrected chi connectivity index (χ4v) is 3.77. The van der Waals surface area contributed by atoms with Gasteiger partial charge in [0, 0.05) is 5.75 Å². The van der Waals surface area contributed by atoms with Crippen LogP contribution in [0.5, 0.6) is 0 Å². The van der Waals surface area contributed by atoms with Crippen molar-refractivity contribution in [3.05, 3.63) is 58.8 Å². The third-order valence-corrected chi connectivity index (χ3v) is 5.23. The van der Waals surface area contributed by atoms with Gasteiger partial charge in [-0.15, -0.1) is 10.2 Å². The van der Waals surface area contributed by atoms with Gasteiger partial charge in [0.2, 0.25) is 5.13 Å². The fourth-order valence-electron chi connectivity index (χ4n) is 2.07. The number of anilines is 1. The van der Waals surface area contributed by atoms with Crippen LogP contribution in [0, 0.1) is 19.7 Å². The molecule has 1 aromatic carbocycles. The molecule has 0 aliphatic heterocycles. The average molecular weight is 363 g/mol. The second kappa shape index (κ2) is 7.14. The zero-order chi connectivity index (χ0) is 17.1. The second-order valence-corrected chi connectivity index (χ2v) is 7.27. The molecule has 3 rings (SSSR count). The molecule has 2 aromatic heterocycles. The molecule has 24 heavy (non-hydrogen) atoms. The van der Waals surface area contributed by atoms with Gasteiger partial charge in [0.25, 0.3) is 5.91 Å². The van der Waals surface area contributed by atoms with E-state index in [1.54, 1.807) is 32.0 Å². The summed E-state index contributed by atoms with van der Waals surface area (Å²) in [5.41, 5.74) is 1.48. The third-order valence-electron chi connectivity index (χ3n) is 3.19. The Balaban J connectivity index is 1.60. The van der Waals surface area contributed by atoms with Crippen LogP contribution in [0.15, 0.2) is 39.1 Å². The van der Waals surface area contributed by atoms with Crippen LogP contribution < -0.4 is 5.32 Å². The van der Waals surface area contributed by atoms with Gasteiger partial charge in [0.1, 0.15) is 17.3 Å². The molecular weight excluding hydrogens is 349 g/mol. The first-order valence-corrected chi connectivity index (χ1v) is 8.90. The Bertz CT molecular complexity index is 859.